The predicted octanol–water partition coefficient (Wildman–Crippen LogP) is 1.45. The quantitative estimate of drug-likeness (QED) is 0.802. The fraction of sp³-hybridized carbons (Fsp3) is 0.900. The summed E-state index contributed by atoms with van der Waals surface area (Å²) >= 11 is 0. The molecule has 15 heavy (non-hydrogen) atoms. The predicted molar refractivity (Wildman–Crippen MR) is 57.4 cm³/mol. The number of hydrogen-bond acceptors (Lipinski definition) is 3. The molecule has 0 aromatic rings. The average Bonchev–Trinajstić information content (AvgIpc) is 2.16. The van der Waals surface area contributed by atoms with Crippen molar-refractivity contribution < 1.29 is 18.3 Å². The van der Waals surface area contributed by atoms with Crippen molar-refractivity contribution in [3.63, 3.8) is 0 Å². The number of aliphatic carboxylic acids is 1. The summed E-state index contributed by atoms with van der Waals surface area (Å²) in [7, 11) is -3.49. The molecule has 0 aromatic carbocycles. The Bertz CT molecular complexity index is 333. The van der Waals surface area contributed by atoms with E-state index in [1.807, 2.05) is 6.92 Å². The monoisotopic (exact) mass is 234 g/mol. The van der Waals surface area contributed by atoms with Crippen LogP contribution >= 0.6 is 0 Å². The van der Waals surface area contributed by atoms with Gasteiger partial charge in [-0.15, -0.1) is 0 Å². The fourth-order valence-electron chi connectivity index (χ4n) is 2.11. The van der Waals surface area contributed by atoms with Crippen LogP contribution in [-0.2, 0) is 14.6 Å². The number of rotatable bonds is 3. The van der Waals surface area contributed by atoms with Crippen molar-refractivity contribution in [2.75, 3.05) is 0 Å². The van der Waals surface area contributed by atoms with Crippen molar-refractivity contribution in [1.82, 2.24) is 0 Å². The molecule has 4 nitrogen and oxygen atoms in total. The molecule has 1 fully saturated rings. The highest BCUT2D eigenvalue weighted by Gasteiger charge is 2.37. The van der Waals surface area contributed by atoms with Gasteiger partial charge in [-0.3, -0.25) is 4.79 Å². The van der Waals surface area contributed by atoms with Crippen LogP contribution in [0.2, 0.25) is 0 Å². The number of hydrogen-bond donors (Lipinski definition) is 1. The first-order valence-electron chi connectivity index (χ1n) is 5.31. The molecular formula is C10H18O4S. The van der Waals surface area contributed by atoms with Gasteiger partial charge in [-0.2, -0.15) is 0 Å². The van der Waals surface area contributed by atoms with Gasteiger partial charge in [0.25, 0.3) is 0 Å². The summed E-state index contributed by atoms with van der Waals surface area (Å²) in [6.45, 7) is 3.28. The zero-order valence-electron chi connectivity index (χ0n) is 9.14. The lowest BCUT2D eigenvalue weighted by Gasteiger charge is -2.27. The Morgan fingerprint density at radius 3 is 2.47 bits per heavy atom. The first-order chi connectivity index (χ1) is 6.85. The van der Waals surface area contributed by atoms with E-state index in [9.17, 15) is 13.2 Å². The van der Waals surface area contributed by atoms with E-state index in [4.69, 9.17) is 5.11 Å². The van der Waals surface area contributed by atoms with Crippen molar-refractivity contribution in [3.05, 3.63) is 0 Å². The lowest BCUT2D eigenvalue weighted by atomic mass is 9.91. The molecule has 0 heterocycles. The summed E-state index contributed by atoms with van der Waals surface area (Å²) in [5.41, 5.74) is 0. The highest BCUT2D eigenvalue weighted by atomic mass is 32.2. The van der Waals surface area contributed by atoms with Crippen LogP contribution in [0, 0.1) is 5.92 Å². The van der Waals surface area contributed by atoms with Gasteiger partial charge in [0, 0.05) is 0 Å². The maximum absolute atomic E-state index is 11.9. The molecule has 3 unspecified atom stereocenters. The summed E-state index contributed by atoms with van der Waals surface area (Å²) < 4.78 is 23.8. The zero-order chi connectivity index (χ0) is 11.6. The van der Waals surface area contributed by atoms with E-state index in [1.165, 1.54) is 6.92 Å². The minimum atomic E-state index is -3.49. The van der Waals surface area contributed by atoms with E-state index in [0.717, 1.165) is 12.8 Å². The summed E-state index contributed by atoms with van der Waals surface area (Å²) in [6.07, 6.45) is 3.16. The molecule has 88 valence electrons. The molecule has 3 atom stereocenters. The molecule has 1 aliphatic rings. The Kier molecular flexibility index (Phi) is 3.76. The third-order valence-corrected chi connectivity index (χ3v) is 5.74. The fourth-order valence-corrected chi connectivity index (χ4v) is 4.06. The SMILES string of the molecule is CC1CCCC(S(=O)(=O)C(C)C(=O)O)C1. The van der Waals surface area contributed by atoms with Gasteiger partial charge < -0.3 is 5.11 Å². The van der Waals surface area contributed by atoms with Gasteiger partial charge in [0.15, 0.2) is 15.1 Å². The molecule has 1 aliphatic carbocycles. The third kappa shape index (κ3) is 2.71. The molecule has 0 radical (unpaired) electrons. The van der Waals surface area contributed by atoms with E-state index in [1.54, 1.807) is 0 Å². The summed E-state index contributed by atoms with van der Waals surface area (Å²) in [4.78, 5) is 10.7. The second-order valence-corrected chi connectivity index (χ2v) is 7.02. The van der Waals surface area contributed by atoms with E-state index < -0.39 is 26.3 Å². The van der Waals surface area contributed by atoms with E-state index in [0.29, 0.717) is 18.8 Å². The second kappa shape index (κ2) is 4.51. The van der Waals surface area contributed by atoms with Crippen LogP contribution in [-0.4, -0.2) is 30.0 Å². The Balaban J connectivity index is 2.81. The van der Waals surface area contributed by atoms with Crippen LogP contribution in [0.3, 0.4) is 0 Å². The van der Waals surface area contributed by atoms with E-state index >= 15 is 0 Å². The molecule has 1 rings (SSSR count). The highest BCUT2D eigenvalue weighted by molar-refractivity contribution is 7.93. The normalized spacial score (nSPS) is 29.7. The molecule has 0 aliphatic heterocycles. The second-order valence-electron chi connectivity index (χ2n) is 4.46. The minimum absolute atomic E-state index is 0.388. The number of sulfone groups is 1. The standard InChI is InChI=1S/C10H18O4S/c1-7-4-3-5-9(6-7)15(13,14)8(2)10(11)12/h7-9H,3-6H2,1-2H3,(H,11,12). The topological polar surface area (TPSA) is 71.4 Å². The Morgan fingerprint density at radius 1 is 1.40 bits per heavy atom. The lowest BCUT2D eigenvalue weighted by molar-refractivity contribution is -0.136. The van der Waals surface area contributed by atoms with Crippen LogP contribution in [0.1, 0.15) is 39.5 Å². The van der Waals surface area contributed by atoms with Gasteiger partial charge in [0.2, 0.25) is 0 Å². The van der Waals surface area contributed by atoms with Crippen LogP contribution < -0.4 is 0 Å². The molecule has 5 heteroatoms. The summed E-state index contributed by atoms with van der Waals surface area (Å²) in [5, 5.41) is 7.01. The van der Waals surface area contributed by atoms with E-state index in [2.05, 4.69) is 0 Å². The Morgan fingerprint density at radius 2 is 2.00 bits per heavy atom. The number of carboxylic acid groups (broad SMARTS) is 1. The highest BCUT2D eigenvalue weighted by Crippen LogP contribution is 2.30. The van der Waals surface area contributed by atoms with Gasteiger partial charge in [0.1, 0.15) is 0 Å². The van der Waals surface area contributed by atoms with Crippen LogP contribution in [0.5, 0.6) is 0 Å². The number of carbonyl (C=O) groups is 1. The third-order valence-electron chi connectivity index (χ3n) is 3.19. The Labute approximate surface area is 90.6 Å². The van der Waals surface area contributed by atoms with Gasteiger partial charge in [0.05, 0.1) is 5.25 Å². The maximum Gasteiger partial charge on any atom is 0.321 e. The average molecular weight is 234 g/mol. The summed E-state index contributed by atoms with van der Waals surface area (Å²) in [6, 6.07) is 0. The first kappa shape index (κ1) is 12.5. The molecule has 0 amide bonds. The molecule has 0 spiro atoms. The molecule has 0 bridgehead atoms. The smallest absolute Gasteiger partial charge is 0.321 e. The lowest BCUT2D eigenvalue weighted by Crippen LogP contribution is -2.37. The van der Waals surface area contributed by atoms with Gasteiger partial charge >= 0.3 is 5.97 Å². The molecule has 0 saturated heterocycles. The van der Waals surface area contributed by atoms with Gasteiger partial charge in [-0.1, -0.05) is 19.8 Å². The maximum atomic E-state index is 11.9. The number of carboxylic acids is 1. The molecular weight excluding hydrogens is 216 g/mol. The largest absolute Gasteiger partial charge is 0.480 e. The van der Waals surface area contributed by atoms with Crippen LogP contribution in [0.15, 0.2) is 0 Å². The Hall–Kier alpha value is -0.580. The van der Waals surface area contributed by atoms with Crippen molar-refractivity contribution in [2.45, 2.75) is 50.0 Å². The van der Waals surface area contributed by atoms with Gasteiger partial charge in [-0.25, -0.2) is 8.42 Å². The van der Waals surface area contributed by atoms with Crippen molar-refractivity contribution in [2.24, 2.45) is 5.92 Å². The van der Waals surface area contributed by atoms with Crippen molar-refractivity contribution >= 4 is 15.8 Å². The van der Waals surface area contributed by atoms with Crippen molar-refractivity contribution in [3.8, 4) is 0 Å². The van der Waals surface area contributed by atoms with Crippen LogP contribution in [0.25, 0.3) is 0 Å². The van der Waals surface area contributed by atoms with Gasteiger partial charge in [-0.05, 0) is 25.7 Å². The first-order valence-corrected chi connectivity index (χ1v) is 6.92. The van der Waals surface area contributed by atoms with Crippen molar-refractivity contribution in [1.29, 1.82) is 0 Å². The molecule has 1 saturated carbocycles. The summed E-state index contributed by atoms with van der Waals surface area (Å²) in [5.74, 6) is -0.854. The molecule has 0 aromatic heterocycles. The zero-order valence-corrected chi connectivity index (χ0v) is 9.96. The van der Waals surface area contributed by atoms with Crippen LogP contribution in [0.4, 0.5) is 0 Å². The minimum Gasteiger partial charge on any atom is -0.480 e. The molecule has 1 N–H and O–H groups in total. The van der Waals surface area contributed by atoms with E-state index in [-0.39, 0.29) is 0 Å².